The summed E-state index contributed by atoms with van der Waals surface area (Å²) in [4.78, 5) is 15.4. The molecule has 0 bridgehead atoms. The first kappa shape index (κ1) is 19.2. The predicted octanol–water partition coefficient (Wildman–Crippen LogP) is -0.429. The summed E-state index contributed by atoms with van der Waals surface area (Å²) in [5.41, 5.74) is 0.581. The minimum absolute atomic E-state index is 0.0120. The van der Waals surface area contributed by atoms with Crippen LogP contribution in [0, 0.1) is 20.4 Å². The Kier molecular flexibility index (Phi) is 5.41. The Morgan fingerprint density at radius 1 is 1.04 bits per heavy atom. The van der Waals surface area contributed by atoms with E-state index in [1.807, 2.05) is 0 Å². The molecule has 1 heterocycles. The third-order valence-corrected chi connectivity index (χ3v) is 5.78. The smallest absolute Gasteiger partial charge is 0.269 e. The van der Waals surface area contributed by atoms with E-state index < -0.39 is 25.9 Å². The number of halogens is 1. The van der Waals surface area contributed by atoms with Gasteiger partial charge >= 0.3 is 0 Å². The standard InChI is InChI=1S/C15H11ClN2O8S/c1-24-13-8-4-11(5-9-13)15-25-17-14(27(15)26-16(19,20)21)10-2-6-12(7-3-10)18(22)23/h2-9H,1H3. The number of non-ortho nitro benzene ring substituents is 1. The predicted molar refractivity (Wildman–Crippen MR) is 86.5 cm³/mol. The lowest BCUT2D eigenvalue weighted by Gasteiger charge is -2.13. The largest absolute Gasteiger partial charge is 0.497 e. The summed E-state index contributed by atoms with van der Waals surface area (Å²) in [7, 11) is -5.07. The number of ether oxygens (including phenoxy) is 1. The zero-order valence-corrected chi connectivity index (χ0v) is 15.1. The quantitative estimate of drug-likeness (QED) is 0.350. The average Bonchev–Trinajstić information content (AvgIpc) is 3.03. The van der Waals surface area contributed by atoms with E-state index in [0.717, 1.165) is 0 Å². The highest BCUT2D eigenvalue weighted by Gasteiger charge is 2.37. The van der Waals surface area contributed by atoms with Crippen molar-refractivity contribution < 1.29 is 42.5 Å². The zero-order valence-electron chi connectivity index (χ0n) is 13.6. The lowest BCUT2D eigenvalue weighted by atomic mass is 10.2. The fourth-order valence-electron chi connectivity index (χ4n) is 2.15. The molecule has 27 heavy (non-hydrogen) atoms. The first-order valence-corrected chi connectivity index (χ1v) is 9.53. The van der Waals surface area contributed by atoms with E-state index >= 15 is 0 Å². The number of hydrogen-bond acceptors (Lipinski definition) is 9. The van der Waals surface area contributed by atoms with Crippen LogP contribution in [0.2, 0.25) is 0 Å². The second kappa shape index (κ2) is 7.60. The highest BCUT2D eigenvalue weighted by atomic mass is 35.7. The molecule has 1 unspecified atom stereocenters. The van der Waals surface area contributed by atoms with Gasteiger partial charge in [-0.05, 0) is 36.4 Å². The number of methoxy groups -OCH3 is 1. The van der Waals surface area contributed by atoms with Crippen LogP contribution in [0.4, 0.5) is 5.69 Å². The van der Waals surface area contributed by atoms with Crippen molar-refractivity contribution in [2.75, 3.05) is 7.11 Å². The summed E-state index contributed by atoms with van der Waals surface area (Å²) in [6.07, 6.45) is 0. The highest BCUT2D eigenvalue weighted by Crippen LogP contribution is 2.35. The molecule has 0 N–H and O–H groups in total. The van der Waals surface area contributed by atoms with Gasteiger partial charge in [0.1, 0.15) is 9.49 Å². The van der Waals surface area contributed by atoms with Crippen LogP contribution in [0.15, 0.2) is 53.7 Å². The van der Waals surface area contributed by atoms with Crippen LogP contribution in [-0.2, 0) is 8.57 Å². The molecule has 0 amide bonds. The Balaban J connectivity index is 2.02. The fourth-order valence-corrected chi connectivity index (χ4v) is 4.32. The van der Waals surface area contributed by atoms with Gasteiger partial charge in [-0.25, -0.2) is 0 Å². The number of nitrogens with zero attached hydrogens (tertiary/aromatic N) is 2. The molecule has 1 aliphatic heterocycles. The molecule has 1 aliphatic rings. The highest BCUT2D eigenvalue weighted by molar-refractivity contribution is 8.25. The fraction of sp³-hybridized carbons (Fsp3) is 0.0667. The normalized spacial score (nSPS) is 16.7. The molecule has 2 aromatic carbocycles. The van der Waals surface area contributed by atoms with Crippen LogP contribution >= 0.6 is 10.8 Å². The van der Waals surface area contributed by atoms with Crippen LogP contribution in [0.25, 0.3) is 0 Å². The van der Waals surface area contributed by atoms with Crippen molar-refractivity contribution in [3.63, 3.8) is 0 Å². The summed E-state index contributed by atoms with van der Waals surface area (Å²) >= 11 is 0. The van der Waals surface area contributed by atoms with E-state index in [4.69, 9.17) is 9.57 Å². The molecule has 0 saturated carbocycles. The summed E-state index contributed by atoms with van der Waals surface area (Å²) in [5, 5.41) is 14.6. The zero-order chi connectivity index (χ0) is 19.6. The van der Waals surface area contributed by atoms with Gasteiger partial charge in [-0.15, -0.1) is 0 Å². The van der Waals surface area contributed by atoms with Gasteiger partial charge in [0.15, 0.2) is 5.04 Å². The van der Waals surface area contributed by atoms with Crippen LogP contribution in [0.1, 0.15) is 11.1 Å². The van der Waals surface area contributed by atoms with Gasteiger partial charge in [0.2, 0.25) is 15.8 Å². The molecule has 0 saturated heterocycles. The lowest BCUT2D eigenvalue weighted by molar-refractivity contribution is -1.91. The van der Waals surface area contributed by atoms with Crippen molar-refractivity contribution >= 4 is 26.5 Å². The summed E-state index contributed by atoms with van der Waals surface area (Å²) in [6.45, 7) is 0. The van der Waals surface area contributed by atoms with Gasteiger partial charge in [-0.2, -0.15) is 14.0 Å². The minimum Gasteiger partial charge on any atom is -0.497 e. The van der Waals surface area contributed by atoms with Crippen LogP contribution in [-0.4, -0.2) is 22.1 Å². The first-order chi connectivity index (χ1) is 12.8. The Morgan fingerprint density at radius 2 is 1.63 bits per heavy atom. The van der Waals surface area contributed by atoms with Crippen LogP contribution < -0.4 is 18.7 Å². The number of rotatable bonds is 6. The molecule has 0 radical (unpaired) electrons. The monoisotopic (exact) mass is 414 g/mol. The third-order valence-electron chi connectivity index (χ3n) is 3.35. The van der Waals surface area contributed by atoms with Crippen LogP contribution in [0.5, 0.6) is 5.75 Å². The van der Waals surface area contributed by atoms with Gasteiger partial charge in [0, 0.05) is 23.3 Å². The SMILES string of the molecule is COc1ccc(C2=S(O[Cl+3]([O-])([O-])[O-])C(c3ccc([N+](=O)[O-])cc3)=NO2)cc1. The summed E-state index contributed by atoms with van der Waals surface area (Å²) in [6, 6.07) is 11.5. The third kappa shape index (κ3) is 4.42. The minimum atomic E-state index is -4.78. The van der Waals surface area contributed by atoms with Crippen molar-refractivity contribution in [1.29, 1.82) is 0 Å². The van der Waals surface area contributed by atoms with Crippen molar-refractivity contribution in [2.24, 2.45) is 5.16 Å². The summed E-state index contributed by atoms with van der Waals surface area (Å²) < 4.78 is 43.1. The average molecular weight is 415 g/mol. The van der Waals surface area contributed by atoms with Crippen LogP contribution in [0.3, 0.4) is 0 Å². The van der Waals surface area contributed by atoms with Crippen molar-refractivity contribution in [3.05, 3.63) is 69.8 Å². The Labute approximate surface area is 157 Å². The van der Waals surface area contributed by atoms with Gasteiger partial charge < -0.3 is 9.57 Å². The van der Waals surface area contributed by atoms with Gasteiger partial charge in [0.25, 0.3) is 5.69 Å². The van der Waals surface area contributed by atoms with E-state index in [0.29, 0.717) is 16.9 Å². The summed E-state index contributed by atoms with van der Waals surface area (Å²) in [5.74, 6) is 0.559. The second-order valence-corrected chi connectivity index (χ2v) is 7.57. The maximum absolute atomic E-state index is 11.2. The topological polar surface area (TPSA) is 152 Å². The molecule has 12 heteroatoms. The Morgan fingerprint density at radius 3 is 2.15 bits per heavy atom. The lowest BCUT2D eigenvalue weighted by Crippen LogP contribution is -2.60. The molecule has 0 aliphatic carbocycles. The van der Waals surface area contributed by atoms with Gasteiger partial charge in [0.05, 0.1) is 22.3 Å². The van der Waals surface area contributed by atoms with E-state index in [1.54, 1.807) is 24.3 Å². The molecule has 1 atom stereocenters. The molecule has 2 aromatic rings. The van der Waals surface area contributed by atoms with Crippen molar-refractivity contribution in [1.82, 2.24) is 0 Å². The van der Waals surface area contributed by atoms with E-state index in [-0.39, 0.29) is 15.8 Å². The molecule has 0 aromatic heterocycles. The molecule has 0 fully saturated rings. The Hall–Kier alpha value is -2.54. The van der Waals surface area contributed by atoms with E-state index in [2.05, 4.69) is 8.89 Å². The number of nitro groups is 1. The number of nitro benzene ring substituents is 1. The first-order valence-electron chi connectivity index (χ1n) is 7.15. The maximum Gasteiger partial charge on any atom is 0.269 e. The second-order valence-electron chi connectivity index (χ2n) is 5.02. The van der Waals surface area contributed by atoms with Crippen molar-refractivity contribution in [2.45, 2.75) is 0 Å². The molecular weight excluding hydrogens is 404 g/mol. The maximum atomic E-state index is 11.2. The molecule has 142 valence electrons. The number of hydrogen-bond donors (Lipinski definition) is 0. The van der Waals surface area contributed by atoms with Gasteiger partial charge in [-0.1, -0.05) is 5.16 Å². The molecular formula is C15H11ClN2O8S. The number of oxime groups is 1. The molecule has 10 nitrogen and oxygen atoms in total. The number of benzene rings is 2. The van der Waals surface area contributed by atoms with E-state index in [9.17, 15) is 24.1 Å². The van der Waals surface area contributed by atoms with Gasteiger partial charge in [-0.3, -0.25) is 10.1 Å². The molecule has 3 rings (SSSR count). The van der Waals surface area contributed by atoms with Crippen molar-refractivity contribution in [3.8, 4) is 5.75 Å². The molecule has 0 spiro atoms. The van der Waals surface area contributed by atoms with E-state index in [1.165, 1.54) is 31.4 Å². The Bertz CT molecular complexity index is 922.